The summed E-state index contributed by atoms with van der Waals surface area (Å²) in [6.07, 6.45) is 0. The second-order valence-corrected chi connectivity index (χ2v) is 9.16. The van der Waals surface area contributed by atoms with Crippen LogP contribution in [-0.2, 0) is 4.74 Å². The summed E-state index contributed by atoms with van der Waals surface area (Å²) in [5.74, 6) is -1.24. The number of carbonyl (C=O) groups is 2. The maximum atomic E-state index is 13.5. The largest absolute Gasteiger partial charge is 0.508 e. The van der Waals surface area contributed by atoms with Gasteiger partial charge in [0.05, 0.1) is 18.8 Å². The molecule has 11 heteroatoms. The molecule has 2 amide bonds. The quantitative estimate of drug-likeness (QED) is 0.404. The Balaban J connectivity index is 0.00000400. The molecule has 38 heavy (non-hydrogen) atoms. The van der Waals surface area contributed by atoms with Crippen LogP contribution in [0.3, 0.4) is 0 Å². The number of ether oxygens (including phenoxy) is 1. The molecule has 10 nitrogen and oxygen atoms in total. The number of aromatic nitrogens is 1. The monoisotopic (exact) mass is 544 g/mol. The zero-order valence-electron chi connectivity index (χ0n) is 21.9. The van der Waals surface area contributed by atoms with Gasteiger partial charge in [0.1, 0.15) is 17.2 Å². The zero-order chi connectivity index (χ0) is 26.7. The number of hydrogen-bond donors (Lipinski definition) is 3. The van der Waals surface area contributed by atoms with Crippen LogP contribution in [0.2, 0.25) is 0 Å². The third kappa shape index (κ3) is 5.71. The molecule has 0 bridgehead atoms. The van der Waals surface area contributed by atoms with Gasteiger partial charge in [-0.3, -0.25) is 9.59 Å². The second-order valence-electron chi connectivity index (χ2n) is 9.16. The number of amides is 2. The van der Waals surface area contributed by atoms with E-state index in [9.17, 15) is 19.8 Å². The lowest BCUT2D eigenvalue weighted by Gasteiger charge is -2.29. The average molecular weight is 545 g/mol. The number of morpholine rings is 1. The predicted molar refractivity (Wildman–Crippen MR) is 147 cm³/mol. The number of benzene rings is 2. The van der Waals surface area contributed by atoms with E-state index in [2.05, 4.69) is 15.4 Å². The summed E-state index contributed by atoms with van der Waals surface area (Å²) in [4.78, 5) is 29.8. The molecule has 1 fully saturated rings. The molecule has 2 aromatic carbocycles. The third-order valence-electron chi connectivity index (χ3n) is 6.36. The number of aromatic hydroxyl groups is 2. The zero-order valence-corrected chi connectivity index (χ0v) is 22.7. The van der Waals surface area contributed by atoms with E-state index in [0.29, 0.717) is 30.9 Å². The van der Waals surface area contributed by atoms with Gasteiger partial charge in [-0.05, 0) is 48.7 Å². The highest BCUT2D eigenvalue weighted by molar-refractivity contribution is 6.12. The number of phenols is 2. The molecule has 204 valence electrons. The standard InChI is InChI=1S/C27H32N4O6.ClH/c1-5-28-26(34)23-24(25(37-29-23)20-14-19(16(2)3)21(32)15-22(20)33)30(4)27(35)17-6-8-18(9-7-17)31-10-12-36-13-11-31;/h6-9,14-16,32-33H,5,10-13H2,1-4H3,(H,28,34);1H. The van der Waals surface area contributed by atoms with Crippen LogP contribution in [0.15, 0.2) is 40.9 Å². The first-order valence-corrected chi connectivity index (χ1v) is 12.3. The number of carbonyl (C=O) groups excluding carboxylic acids is 2. The van der Waals surface area contributed by atoms with Crippen LogP contribution in [0, 0.1) is 0 Å². The van der Waals surface area contributed by atoms with Gasteiger partial charge in [-0.2, -0.15) is 0 Å². The van der Waals surface area contributed by atoms with E-state index in [1.165, 1.54) is 18.0 Å². The first kappa shape index (κ1) is 28.8. The minimum atomic E-state index is -0.517. The number of nitrogens with zero attached hydrogens (tertiary/aromatic N) is 3. The third-order valence-corrected chi connectivity index (χ3v) is 6.36. The molecule has 1 aliphatic rings. The maximum absolute atomic E-state index is 13.5. The summed E-state index contributed by atoms with van der Waals surface area (Å²) in [6.45, 7) is 8.79. The van der Waals surface area contributed by atoms with Crippen molar-refractivity contribution >= 4 is 35.6 Å². The lowest BCUT2D eigenvalue weighted by Crippen LogP contribution is -2.36. The van der Waals surface area contributed by atoms with Gasteiger partial charge < -0.3 is 34.6 Å². The summed E-state index contributed by atoms with van der Waals surface area (Å²) >= 11 is 0. The Morgan fingerprint density at radius 3 is 2.37 bits per heavy atom. The molecule has 0 atom stereocenters. The molecule has 0 aliphatic carbocycles. The van der Waals surface area contributed by atoms with Crippen molar-refractivity contribution in [2.45, 2.75) is 26.7 Å². The summed E-state index contributed by atoms with van der Waals surface area (Å²) < 4.78 is 11.0. The Morgan fingerprint density at radius 1 is 1.11 bits per heavy atom. The van der Waals surface area contributed by atoms with Crippen LogP contribution < -0.4 is 15.1 Å². The van der Waals surface area contributed by atoms with Crippen molar-refractivity contribution < 1.29 is 29.1 Å². The number of rotatable bonds is 7. The minimum absolute atomic E-state index is 0. The molecule has 0 spiro atoms. The van der Waals surface area contributed by atoms with E-state index < -0.39 is 5.91 Å². The molecule has 4 rings (SSSR count). The Morgan fingerprint density at radius 2 is 1.76 bits per heavy atom. The number of hydrogen-bond acceptors (Lipinski definition) is 8. The number of halogens is 1. The number of nitrogens with one attached hydrogen (secondary N) is 1. The van der Waals surface area contributed by atoms with Crippen molar-refractivity contribution in [3.8, 4) is 22.8 Å². The van der Waals surface area contributed by atoms with Crippen molar-refractivity contribution in [1.82, 2.24) is 10.5 Å². The predicted octanol–water partition coefficient (Wildman–Crippen LogP) is 4.16. The van der Waals surface area contributed by atoms with Crippen molar-refractivity contribution in [1.29, 1.82) is 0 Å². The summed E-state index contributed by atoms with van der Waals surface area (Å²) in [5, 5.41) is 27.6. The summed E-state index contributed by atoms with van der Waals surface area (Å²) in [6, 6.07) is 10.0. The highest BCUT2D eigenvalue weighted by Gasteiger charge is 2.31. The van der Waals surface area contributed by atoms with E-state index in [1.807, 2.05) is 26.0 Å². The van der Waals surface area contributed by atoms with Gasteiger partial charge in [0.15, 0.2) is 11.5 Å². The van der Waals surface area contributed by atoms with E-state index in [1.54, 1.807) is 25.1 Å². The van der Waals surface area contributed by atoms with Crippen LogP contribution in [0.5, 0.6) is 11.5 Å². The van der Waals surface area contributed by atoms with Gasteiger partial charge >= 0.3 is 0 Å². The minimum Gasteiger partial charge on any atom is -0.508 e. The molecule has 1 saturated heterocycles. The van der Waals surface area contributed by atoms with Crippen LogP contribution in [-0.4, -0.2) is 67.1 Å². The fourth-order valence-corrected chi connectivity index (χ4v) is 4.34. The first-order valence-electron chi connectivity index (χ1n) is 12.3. The number of anilines is 2. The molecule has 1 aromatic heterocycles. The molecule has 1 aliphatic heterocycles. The van der Waals surface area contributed by atoms with Gasteiger partial charge in [-0.15, -0.1) is 12.4 Å². The molecule has 0 unspecified atom stereocenters. The highest BCUT2D eigenvalue weighted by Crippen LogP contribution is 2.43. The van der Waals surface area contributed by atoms with E-state index in [0.717, 1.165) is 18.8 Å². The normalized spacial score (nSPS) is 13.2. The van der Waals surface area contributed by atoms with Gasteiger partial charge in [-0.1, -0.05) is 19.0 Å². The molecular formula is C27H33ClN4O6. The van der Waals surface area contributed by atoms with Gasteiger partial charge in [-0.25, -0.2) is 0 Å². The van der Waals surface area contributed by atoms with Crippen LogP contribution in [0.25, 0.3) is 11.3 Å². The van der Waals surface area contributed by atoms with Crippen molar-refractivity contribution in [3.05, 3.63) is 53.2 Å². The van der Waals surface area contributed by atoms with Gasteiger partial charge in [0, 0.05) is 44.0 Å². The Labute approximate surface area is 227 Å². The Kier molecular flexibility index (Phi) is 9.24. The van der Waals surface area contributed by atoms with Crippen LogP contribution in [0.1, 0.15) is 53.1 Å². The molecule has 3 N–H and O–H groups in total. The van der Waals surface area contributed by atoms with Crippen molar-refractivity contribution in [2.75, 3.05) is 49.7 Å². The van der Waals surface area contributed by atoms with Crippen molar-refractivity contribution in [3.63, 3.8) is 0 Å². The second kappa shape index (κ2) is 12.2. The smallest absolute Gasteiger partial charge is 0.275 e. The Bertz CT molecular complexity index is 1290. The summed E-state index contributed by atoms with van der Waals surface area (Å²) in [5.41, 5.74) is 2.21. The van der Waals surface area contributed by atoms with E-state index in [-0.39, 0.29) is 58.4 Å². The van der Waals surface area contributed by atoms with Gasteiger partial charge in [0.25, 0.3) is 11.8 Å². The fraction of sp³-hybridized carbons (Fsp3) is 0.370. The summed E-state index contributed by atoms with van der Waals surface area (Å²) in [7, 11) is 1.53. The molecule has 0 radical (unpaired) electrons. The van der Waals surface area contributed by atoms with E-state index in [4.69, 9.17) is 9.26 Å². The molecule has 2 heterocycles. The molecule has 0 saturated carbocycles. The van der Waals surface area contributed by atoms with Gasteiger partial charge in [0.2, 0.25) is 0 Å². The Hall–Kier alpha value is -3.76. The van der Waals surface area contributed by atoms with Crippen LogP contribution in [0.4, 0.5) is 11.4 Å². The van der Waals surface area contributed by atoms with E-state index >= 15 is 0 Å². The van der Waals surface area contributed by atoms with Crippen LogP contribution >= 0.6 is 12.4 Å². The number of phenolic OH excluding ortho intramolecular Hbond substituents is 2. The highest BCUT2D eigenvalue weighted by atomic mass is 35.5. The fourth-order valence-electron chi connectivity index (χ4n) is 4.34. The molecular weight excluding hydrogens is 512 g/mol. The lowest BCUT2D eigenvalue weighted by molar-refractivity contribution is 0.0947. The topological polar surface area (TPSA) is 128 Å². The van der Waals surface area contributed by atoms with Crippen molar-refractivity contribution in [2.24, 2.45) is 0 Å². The molecule has 3 aromatic rings. The average Bonchev–Trinajstić information content (AvgIpc) is 3.33. The SMILES string of the molecule is CCNC(=O)c1noc(-c2cc(C(C)C)c(O)cc2O)c1N(C)C(=O)c1ccc(N2CCOCC2)cc1.Cl. The maximum Gasteiger partial charge on any atom is 0.275 e. The lowest BCUT2D eigenvalue weighted by atomic mass is 9.97. The first-order chi connectivity index (χ1) is 17.7.